The average Bonchev–Trinajstić information content (AvgIpc) is 3.50. The molecule has 2 heterocycles. The van der Waals surface area contributed by atoms with E-state index in [0.29, 0.717) is 16.9 Å². The van der Waals surface area contributed by atoms with Crippen LogP contribution in [0.1, 0.15) is 5.56 Å². The van der Waals surface area contributed by atoms with Crippen LogP contribution in [0.4, 0.5) is 4.39 Å². The SMILES string of the molecule is COc1ccc(-c2coc3ccc(-c4nnc(SCc5ccc(OC)c(F)c5)o4)cc23)cc1. The largest absolute Gasteiger partial charge is 0.497 e. The molecule has 0 spiro atoms. The smallest absolute Gasteiger partial charge is 0.277 e. The molecule has 0 aliphatic rings. The van der Waals surface area contributed by atoms with Crippen LogP contribution in [0.2, 0.25) is 0 Å². The maximum Gasteiger partial charge on any atom is 0.277 e. The molecule has 0 aliphatic carbocycles. The zero-order valence-electron chi connectivity index (χ0n) is 17.9. The summed E-state index contributed by atoms with van der Waals surface area (Å²) in [5, 5.41) is 9.65. The monoisotopic (exact) mass is 462 g/mol. The lowest BCUT2D eigenvalue weighted by Gasteiger charge is -2.03. The van der Waals surface area contributed by atoms with Gasteiger partial charge in [-0.1, -0.05) is 30.0 Å². The number of fused-ring (bicyclic) bond motifs is 1. The third kappa shape index (κ3) is 4.29. The molecule has 0 saturated carbocycles. The maximum atomic E-state index is 13.9. The van der Waals surface area contributed by atoms with Crippen LogP contribution in [0, 0.1) is 5.82 Å². The topological polar surface area (TPSA) is 70.5 Å². The molecule has 0 N–H and O–H groups in total. The minimum absolute atomic E-state index is 0.215. The summed E-state index contributed by atoms with van der Waals surface area (Å²) in [6.45, 7) is 0. The number of ether oxygens (including phenoxy) is 2. The third-order valence-corrected chi connectivity index (χ3v) is 6.10. The van der Waals surface area contributed by atoms with E-state index >= 15 is 0 Å². The first-order valence-corrected chi connectivity index (χ1v) is 11.1. The Hall–Kier alpha value is -3.78. The van der Waals surface area contributed by atoms with E-state index in [1.54, 1.807) is 25.5 Å². The second-order valence-corrected chi connectivity index (χ2v) is 8.15. The molecule has 3 aromatic carbocycles. The Morgan fingerprint density at radius 1 is 0.909 bits per heavy atom. The second-order valence-electron chi connectivity index (χ2n) is 7.22. The van der Waals surface area contributed by atoms with Crippen molar-refractivity contribution >= 4 is 22.7 Å². The minimum Gasteiger partial charge on any atom is -0.497 e. The van der Waals surface area contributed by atoms with E-state index in [2.05, 4.69) is 10.2 Å². The van der Waals surface area contributed by atoms with Crippen LogP contribution in [0.25, 0.3) is 33.6 Å². The lowest BCUT2D eigenvalue weighted by atomic mass is 10.0. The number of nitrogens with zero attached hydrogens (tertiary/aromatic N) is 2. The van der Waals surface area contributed by atoms with E-state index in [4.69, 9.17) is 18.3 Å². The number of methoxy groups -OCH3 is 2. The molecule has 5 rings (SSSR count). The Balaban J connectivity index is 1.37. The summed E-state index contributed by atoms with van der Waals surface area (Å²) in [4.78, 5) is 0. The fourth-order valence-corrected chi connectivity index (χ4v) is 4.19. The van der Waals surface area contributed by atoms with Gasteiger partial charge in [-0.15, -0.1) is 10.2 Å². The number of furan rings is 1. The van der Waals surface area contributed by atoms with Gasteiger partial charge in [0.2, 0.25) is 5.89 Å². The molecule has 0 bridgehead atoms. The highest BCUT2D eigenvalue weighted by atomic mass is 32.2. The van der Waals surface area contributed by atoms with Crippen molar-refractivity contribution in [1.82, 2.24) is 10.2 Å². The Labute approximate surface area is 193 Å². The van der Waals surface area contributed by atoms with Gasteiger partial charge in [0.05, 0.1) is 20.5 Å². The summed E-state index contributed by atoms with van der Waals surface area (Å²) in [6, 6.07) is 18.4. The standard InChI is InChI=1S/C25H19FN2O4S/c1-29-18-7-4-16(5-8-18)20-13-31-22-10-6-17(12-19(20)22)24-27-28-25(32-24)33-14-15-3-9-23(30-2)21(26)11-15/h3-13H,14H2,1-2H3. The molecule has 6 nitrogen and oxygen atoms in total. The highest BCUT2D eigenvalue weighted by Crippen LogP contribution is 2.35. The number of aromatic nitrogens is 2. The number of benzene rings is 3. The van der Waals surface area contributed by atoms with Crippen LogP contribution in [-0.4, -0.2) is 24.4 Å². The van der Waals surface area contributed by atoms with Gasteiger partial charge in [0.1, 0.15) is 11.3 Å². The van der Waals surface area contributed by atoms with Crippen molar-refractivity contribution < 1.29 is 22.7 Å². The zero-order valence-corrected chi connectivity index (χ0v) is 18.7. The van der Waals surface area contributed by atoms with Gasteiger partial charge in [0.25, 0.3) is 5.22 Å². The summed E-state index contributed by atoms with van der Waals surface area (Å²) >= 11 is 1.34. The minimum atomic E-state index is -0.400. The highest BCUT2D eigenvalue weighted by Gasteiger charge is 2.14. The van der Waals surface area contributed by atoms with Gasteiger partial charge in [0, 0.05) is 22.3 Å². The molecule has 8 heteroatoms. The zero-order chi connectivity index (χ0) is 22.8. The van der Waals surface area contributed by atoms with E-state index in [-0.39, 0.29) is 5.75 Å². The molecule has 0 unspecified atom stereocenters. The van der Waals surface area contributed by atoms with Crippen LogP contribution >= 0.6 is 11.8 Å². The number of rotatable bonds is 7. The first-order valence-electron chi connectivity index (χ1n) is 10.1. The number of hydrogen-bond donors (Lipinski definition) is 0. The lowest BCUT2D eigenvalue weighted by molar-refractivity contribution is 0.386. The molecular weight excluding hydrogens is 443 g/mol. The van der Waals surface area contributed by atoms with Gasteiger partial charge in [0.15, 0.2) is 11.6 Å². The van der Waals surface area contributed by atoms with E-state index in [1.165, 1.54) is 24.9 Å². The fourth-order valence-electron chi connectivity index (χ4n) is 3.49. The summed E-state index contributed by atoms with van der Waals surface area (Å²) in [5.41, 5.74) is 4.32. The quantitative estimate of drug-likeness (QED) is 0.252. The molecule has 33 heavy (non-hydrogen) atoms. The van der Waals surface area contributed by atoms with Crippen molar-refractivity contribution in [1.29, 1.82) is 0 Å². The van der Waals surface area contributed by atoms with Crippen molar-refractivity contribution in [3.8, 4) is 34.1 Å². The van der Waals surface area contributed by atoms with E-state index < -0.39 is 5.82 Å². The normalized spacial score (nSPS) is 11.1. The van der Waals surface area contributed by atoms with Gasteiger partial charge >= 0.3 is 0 Å². The van der Waals surface area contributed by atoms with E-state index in [0.717, 1.165) is 39.0 Å². The van der Waals surface area contributed by atoms with Crippen molar-refractivity contribution in [2.24, 2.45) is 0 Å². The van der Waals surface area contributed by atoms with Crippen LogP contribution in [0.3, 0.4) is 0 Å². The number of halogens is 1. The molecule has 0 fully saturated rings. The van der Waals surface area contributed by atoms with Gasteiger partial charge < -0.3 is 18.3 Å². The van der Waals surface area contributed by atoms with Crippen LogP contribution in [-0.2, 0) is 5.75 Å². The molecule has 0 saturated heterocycles. The molecule has 0 atom stereocenters. The maximum absolute atomic E-state index is 13.9. The van der Waals surface area contributed by atoms with Crippen molar-refractivity contribution in [3.63, 3.8) is 0 Å². The van der Waals surface area contributed by atoms with Crippen LogP contribution in [0.5, 0.6) is 11.5 Å². The Bertz CT molecular complexity index is 1410. The van der Waals surface area contributed by atoms with Crippen molar-refractivity contribution in [2.45, 2.75) is 11.0 Å². The van der Waals surface area contributed by atoms with Crippen LogP contribution in [0.15, 0.2) is 81.0 Å². The third-order valence-electron chi connectivity index (χ3n) is 5.21. The molecular formula is C25H19FN2O4S. The molecule has 2 aromatic heterocycles. The Kier molecular flexibility index (Phi) is 5.75. The Morgan fingerprint density at radius 2 is 1.73 bits per heavy atom. The first kappa shape index (κ1) is 21.1. The predicted octanol–water partition coefficient (Wildman–Crippen LogP) is 6.60. The van der Waals surface area contributed by atoms with E-state index in [9.17, 15) is 4.39 Å². The molecule has 0 aliphatic heterocycles. The van der Waals surface area contributed by atoms with E-state index in [1.807, 2.05) is 42.5 Å². The average molecular weight is 463 g/mol. The van der Waals surface area contributed by atoms with Gasteiger partial charge in [-0.2, -0.15) is 0 Å². The fraction of sp³-hybridized carbons (Fsp3) is 0.120. The molecule has 5 aromatic rings. The van der Waals surface area contributed by atoms with Crippen LogP contribution < -0.4 is 9.47 Å². The van der Waals surface area contributed by atoms with Gasteiger partial charge in [-0.05, 0) is 53.6 Å². The summed E-state index contributed by atoms with van der Waals surface area (Å²) < 4.78 is 35.7. The first-order chi connectivity index (χ1) is 16.1. The number of thioether (sulfide) groups is 1. The molecule has 166 valence electrons. The highest BCUT2D eigenvalue weighted by molar-refractivity contribution is 7.98. The predicted molar refractivity (Wildman–Crippen MR) is 124 cm³/mol. The van der Waals surface area contributed by atoms with Gasteiger partial charge in [-0.25, -0.2) is 4.39 Å². The summed E-state index contributed by atoms with van der Waals surface area (Å²) in [6.07, 6.45) is 1.74. The van der Waals surface area contributed by atoms with Crippen molar-refractivity contribution in [2.75, 3.05) is 14.2 Å². The lowest BCUT2D eigenvalue weighted by Crippen LogP contribution is -1.90. The summed E-state index contributed by atoms with van der Waals surface area (Å²) in [7, 11) is 3.08. The number of hydrogen-bond acceptors (Lipinski definition) is 7. The molecule has 0 radical (unpaired) electrons. The summed E-state index contributed by atoms with van der Waals surface area (Å²) in [5.74, 6) is 1.50. The van der Waals surface area contributed by atoms with Gasteiger partial charge in [-0.3, -0.25) is 0 Å². The second kappa shape index (κ2) is 8.99. The Morgan fingerprint density at radius 3 is 2.48 bits per heavy atom. The van der Waals surface area contributed by atoms with Crippen molar-refractivity contribution in [3.05, 3.63) is 78.3 Å². The molecule has 0 amide bonds.